The van der Waals surface area contributed by atoms with Gasteiger partial charge < -0.3 is 10.8 Å². The van der Waals surface area contributed by atoms with Crippen LogP contribution in [0.25, 0.3) is 0 Å². The first kappa shape index (κ1) is 15.0. The molecular formula is C14H12N4O4. The van der Waals surface area contributed by atoms with Crippen molar-refractivity contribution >= 4 is 23.5 Å². The number of nitrogens with two attached hydrogens (primary N) is 1. The minimum absolute atomic E-state index is 0.0336. The molecule has 4 N–H and O–H groups in total. The van der Waals surface area contributed by atoms with Crippen LogP contribution >= 0.6 is 0 Å². The van der Waals surface area contributed by atoms with Crippen molar-refractivity contribution in [1.82, 2.24) is 5.43 Å². The number of carbonyl (C=O) groups excluding carboxylic acids is 1. The predicted molar refractivity (Wildman–Crippen MR) is 80.7 cm³/mol. The highest BCUT2D eigenvalue weighted by molar-refractivity contribution is 6.00. The number of nitrogen functional groups attached to an aromatic ring is 1. The van der Waals surface area contributed by atoms with Crippen molar-refractivity contribution in [3.05, 3.63) is 63.7 Å². The molecule has 0 bridgehead atoms. The molecule has 0 heterocycles. The Morgan fingerprint density at radius 2 is 1.95 bits per heavy atom. The molecule has 0 saturated heterocycles. The predicted octanol–water partition coefficient (Wildman–Crippen LogP) is 1.65. The van der Waals surface area contributed by atoms with E-state index in [9.17, 15) is 20.0 Å². The average Bonchev–Trinajstić information content (AvgIpc) is 2.50. The monoisotopic (exact) mass is 300 g/mol. The lowest BCUT2D eigenvalue weighted by atomic mass is 10.1. The Morgan fingerprint density at radius 1 is 1.27 bits per heavy atom. The van der Waals surface area contributed by atoms with Crippen LogP contribution in [-0.4, -0.2) is 22.2 Å². The van der Waals surface area contributed by atoms with Crippen LogP contribution in [0.3, 0.4) is 0 Å². The lowest BCUT2D eigenvalue weighted by Crippen LogP contribution is -2.19. The number of phenolic OH excluding ortho intramolecular Hbond substituents is 1. The van der Waals surface area contributed by atoms with Crippen LogP contribution in [0.5, 0.6) is 5.75 Å². The molecule has 112 valence electrons. The van der Waals surface area contributed by atoms with Crippen molar-refractivity contribution < 1.29 is 14.8 Å². The van der Waals surface area contributed by atoms with Gasteiger partial charge in [-0.1, -0.05) is 6.07 Å². The Labute approximate surface area is 125 Å². The number of para-hydroxylation sites is 1. The zero-order valence-corrected chi connectivity index (χ0v) is 11.3. The van der Waals surface area contributed by atoms with Crippen molar-refractivity contribution in [2.24, 2.45) is 5.10 Å². The Morgan fingerprint density at radius 3 is 2.59 bits per heavy atom. The van der Waals surface area contributed by atoms with Gasteiger partial charge in [-0.3, -0.25) is 14.9 Å². The maximum absolute atomic E-state index is 11.8. The molecule has 2 aromatic rings. The van der Waals surface area contributed by atoms with Gasteiger partial charge >= 0.3 is 0 Å². The smallest absolute Gasteiger partial charge is 0.273 e. The number of hydrazone groups is 1. The molecule has 0 spiro atoms. The molecule has 2 aromatic carbocycles. The van der Waals surface area contributed by atoms with Crippen LogP contribution in [0, 0.1) is 10.1 Å². The third kappa shape index (κ3) is 3.37. The summed E-state index contributed by atoms with van der Waals surface area (Å²) in [5, 5.41) is 23.7. The number of benzene rings is 2. The van der Waals surface area contributed by atoms with Crippen molar-refractivity contribution in [1.29, 1.82) is 0 Å². The normalized spacial score (nSPS) is 10.5. The van der Waals surface area contributed by atoms with E-state index in [1.54, 1.807) is 0 Å². The van der Waals surface area contributed by atoms with Gasteiger partial charge in [-0.25, -0.2) is 5.43 Å². The standard InChI is InChI=1S/C14H12N4O4/c15-13-11(2-1-3-12(13)19)14(20)17-16-8-9-4-6-10(7-5-9)18(21)22/h1-8,19H,15H2,(H,17,20)/b16-8+. The topological polar surface area (TPSA) is 131 Å². The van der Waals surface area contributed by atoms with Crippen molar-refractivity contribution in [3.63, 3.8) is 0 Å². The highest BCUT2D eigenvalue weighted by Gasteiger charge is 2.11. The fraction of sp³-hybridized carbons (Fsp3) is 0. The number of anilines is 1. The molecule has 0 fully saturated rings. The van der Waals surface area contributed by atoms with Crippen LogP contribution in [0.1, 0.15) is 15.9 Å². The van der Waals surface area contributed by atoms with Crippen LogP contribution in [0.4, 0.5) is 11.4 Å². The number of phenols is 1. The van der Waals surface area contributed by atoms with Gasteiger partial charge in [0.1, 0.15) is 5.75 Å². The molecule has 0 aliphatic heterocycles. The Bertz CT molecular complexity index is 741. The summed E-state index contributed by atoms with van der Waals surface area (Å²) in [5.74, 6) is -0.765. The van der Waals surface area contributed by atoms with E-state index in [0.29, 0.717) is 5.56 Å². The molecule has 1 amide bonds. The third-order valence-electron chi connectivity index (χ3n) is 2.81. The van der Waals surface area contributed by atoms with Crippen LogP contribution < -0.4 is 11.2 Å². The Kier molecular flexibility index (Phi) is 4.33. The number of aromatic hydroxyl groups is 1. The molecule has 0 radical (unpaired) electrons. The molecule has 0 saturated carbocycles. The lowest BCUT2D eigenvalue weighted by Gasteiger charge is -2.05. The molecule has 8 nitrogen and oxygen atoms in total. The number of hydrogen-bond donors (Lipinski definition) is 3. The molecule has 0 aliphatic rings. The quantitative estimate of drug-likeness (QED) is 0.260. The minimum Gasteiger partial charge on any atom is -0.506 e. The summed E-state index contributed by atoms with van der Waals surface area (Å²) >= 11 is 0. The highest BCUT2D eigenvalue weighted by Crippen LogP contribution is 2.23. The Hall–Kier alpha value is -3.42. The second kappa shape index (κ2) is 6.35. The average molecular weight is 300 g/mol. The number of nitro groups is 1. The van der Waals surface area contributed by atoms with Crippen molar-refractivity contribution in [2.45, 2.75) is 0 Å². The van der Waals surface area contributed by atoms with E-state index in [1.165, 1.54) is 48.7 Å². The number of rotatable bonds is 4. The molecule has 0 aromatic heterocycles. The molecule has 0 atom stereocenters. The van der Waals surface area contributed by atoms with Crippen molar-refractivity contribution in [2.75, 3.05) is 5.73 Å². The van der Waals surface area contributed by atoms with Crippen LogP contribution in [-0.2, 0) is 0 Å². The first-order valence-electron chi connectivity index (χ1n) is 6.14. The van der Waals surface area contributed by atoms with E-state index in [1.807, 2.05) is 0 Å². The van der Waals surface area contributed by atoms with Gasteiger partial charge in [-0.05, 0) is 29.8 Å². The van der Waals surface area contributed by atoms with E-state index in [4.69, 9.17) is 5.73 Å². The molecule has 8 heteroatoms. The Balaban J connectivity index is 2.04. The van der Waals surface area contributed by atoms with Crippen LogP contribution in [0.2, 0.25) is 0 Å². The largest absolute Gasteiger partial charge is 0.506 e. The van der Waals surface area contributed by atoms with Gasteiger partial charge in [-0.2, -0.15) is 5.10 Å². The maximum atomic E-state index is 11.8. The number of carbonyl (C=O) groups is 1. The van der Waals surface area contributed by atoms with E-state index in [2.05, 4.69) is 10.5 Å². The minimum atomic E-state index is -0.577. The van der Waals surface area contributed by atoms with Gasteiger partial charge in [0.15, 0.2) is 0 Å². The zero-order valence-electron chi connectivity index (χ0n) is 11.3. The molecule has 0 unspecified atom stereocenters. The number of hydrogen-bond acceptors (Lipinski definition) is 6. The first-order valence-corrected chi connectivity index (χ1v) is 6.14. The number of nitrogens with zero attached hydrogens (tertiary/aromatic N) is 2. The lowest BCUT2D eigenvalue weighted by molar-refractivity contribution is -0.384. The van der Waals surface area contributed by atoms with Gasteiger partial charge in [0, 0.05) is 12.1 Å². The summed E-state index contributed by atoms with van der Waals surface area (Å²) in [6.45, 7) is 0. The summed E-state index contributed by atoms with van der Waals surface area (Å²) in [6.07, 6.45) is 1.33. The second-order valence-electron chi connectivity index (χ2n) is 4.29. The first-order chi connectivity index (χ1) is 10.5. The van der Waals surface area contributed by atoms with Gasteiger partial charge in [0.25, 0.3) is 11.6 Å². The summed E-state index contributed by atoms with van der Waals surface area (Å²) in [7, 11) is 0. The molecule has 22 heavy (non-hydrogen) atoms. The second-order valence-corrected chi connectivity index (χ2v) is 4.29. The van der Waals surface area contributed by atoms with E-state index in [-0.39, 0.29) is 22.7 Å². The SMILES string of the molecule is Nc1c(O)cccc1C(=O)N/N=C/c1ccc([N+](=O)[O-])cc1. The fourth-order valence-electron chi connectivity index (χ4n) is 1.66. The molecule has 0 aliphatic carbocycles. The molecule has 2 rings (SSSR count). The third-order valence-corrected chi connectivity index (χ3v) is 2.81. The maximum Gasteiger partial charge on any atom is 0.273 e. The summed E-state index contributed by atoms with van der Waals surface area (Å²) < 4.78 is 0. The van der Waals surface area contributed by atoms with E-state index >= 15 is 0 Å². The number of amides is 1. The highest BCUT2D eigenvalue weighted by atomic mass is 16.6. The zero-order chi connectivity index (χ0) is 16.1. The summed E-state index contributed by atoms with van der Waals surface area (Å²) in [6, 6.07) is 9.96. The summed E-state index contributed by atoms with van der Waals surface area (Å²) in [4.78, 5) is 21.9. The van der Waals surface area contributed by atoms with E-state index < -0.39 is 10.8 Å². The number of non-ortho nitro benzene ring substituents is 1. The van der Waals surface area contributed by atoms with Crippen LogP contribution in [0.15, 0.2) is 47.6 Å². The molecular weight excluding hydrogens is 288 g/mol. The number of nitro benzene ring substituents is 1. The van der Waals surface area contributed by atoms with Crippen molar-refractivity contribution in [3.8, 4) is 5.75 Å². The fourth-order valence-corrected chi connectivity index (χ4v) is 1.66. The van der Waals surface area contributed by atoms with Gasteiger partial charge in [-0.15, -0.1) is 0 Å². The summed E-state index contributed by atoms with van der Waals surface area (Å²) in [5.41, 5.74) is 8.45. The number of nitrogens with one attached hydrogen (secondary N) is 1. The van der Waals surface area contributed by atoms with Gasteiger partial charge in [0.2, 0.25) is 0 Å². The van der Waals surface area contributed by atoms with Gasteiger partial charge in [0.05, 0.1) is 22.4 Å². The van der Waals surface area contributed by atoms with E-state index in [0.717, 1.165) is 0 Å².